The van der Waals surface area contributed by atoms with E-state index in [9.17, 15) is 4.39 Å². The largest absolute Gasteiger partial charge is 0.394 e. The van der Waals surface area contributed by atoms with Crippen molar-refractivity contribution in [3.63, 3.8) is 0 Å². The summed E-state index contributed by atoms with van der Waals surface area (Å²) in [5, 5.41) is 17.6. The second-order valence-corrected chi connectivity index (χ2v) is 4.01. The molecule has 0 aliphatic rings. The van der Waals surface area contributed by atoms with E-state index in [2.05, 4.69) is 0 Å². The standard InChI is InChI=1S/C10H13FO2S/c11-9-3-1-8(2-4-9)6-14-7-10(13)5-12/h1-4,10,12-13H,5-7H2/t10-/m0/s1. The molecule has 1 aromatic rings. The minimum atomic E-state index is -0.666. The predicted molar refractivity (Wildman–Crippen MR) is 55.7 cm³/mol. The van der Waals surface area contributed by atoms with E-state index in [1.54, 1.807) is 12.1 Å². The molecule has 0 bridgehead atoms. The van der Waals surface area contributed by atoms with Crippen LogP contribution in [0.15, 0.2) is 24.3 Å². The van der Waals surface area contributed by atoms with Crippen molar-refractivity contribution >= 4 is 11.8 Å². The normalized spacial score (nSPS) is 12.8. The maximum atomic E-state index is 12.5. The third-order valence-corrected chi connectivity index (χ3v) is 2.86. The summed E-state index contributed by atoms with van der Waals surface area (Å²) in [7, 11) is 0. The van der Waals surface area contributed by atoms with Gasteiger partial charge in [0.15, 0.2) is 0 Å². The Balaban J connectivity index is 2.28. The van der Waals surface area contributed by atoms with Gasteiger partial charge in [0.2, 0.25) is 0 Å². The van der Waals surface area contributed by atoms with Gasteiger partial charge in [0.25, 0.3) is 0 Å². The number of aliphatic hydroxyl groups excluding tert-OH is 2. The molecule has 0 amide bonds. The minimum Gasteiger partial charge on any atom is -0.394 e. The van der Waals surface area contributed by atoms with Crippen molar-refractivity contribution in [1.29, 1.82) is 0 Å². The zero-order valence-corrected chi connectivity index (χ0v) is 8.51. The van der Waals surface area contributed by atoms with E-state index in [-0.39, 0.29) is 12.4 Å². The monoisotopic (exact) mass is 216 g/mol. The first-order valence-electron chi connectivity index (χ1n) is 4.33. The Kier molecular flexibility index (Phi) is 4.93. The number of benzene rings is 1. The van der Waals surface area contributed by atoms with Crippen LogP contribution in [0.5, 0.6) is 0 Å². The molecule has 0 saturated heterocycles. The third kappa shape index (κ3) is 4.09. The highest BCUT2D eigenvalue weighted by Crippen LogP contribution is 2.13. The van der Waals surface area contributed by atoms with Crippen LogP contribution in [0, 0.1) is 5.82 Å². The average molecular weight is 216 g/mol. The van der Waals surface area contributed by atoms with Crippen LogP contribution in [0.4, 0.5) is 4.39 Å². The van der Waals surface area contributed by atoms with Gasteiger partial charge in [0.05, 0.1) is 12.7 Å². The van der Waals surface area contributed by atoms with Gasteiger partial charge >= 0.3 is 0 Å². The SMILES string of the molecule is OC[C@H](O)CSCc1ccc(F)cc1. The van der Waals surface area contributed by atoms with Crippen LogP contribution in [0.3, 0.4) is 0 Å². The van der Waals surface area contributed by atoms with Gasteiger partial charge in [-0.2, -0.15) is 11.8 Å². The Morgan fingerprint density at radius 1 is 1.29 bits per heavy atom. The van der Waals surface area contributed by atoms with Gasteiger partial charge < -0.3 is 10.2 Å². The summed E-state index contributed by atoms with van der Waals surface area (Å²) in [5.74, 6) is 0.972. The highest BCUT2D eigenvalue weighted by atomic mass is 32.2. The van der Waals surface area contributed by atoms with Gasteiger partial charge in [-0.3, -0.25) is 0 Å². The molecule has 1 aromatic carbocycles. The second-order valence-electron chi connectivity index (χ2n) is 2.98. The van der Waals surface area contributed by atoms with Crippen LogP contribution in [0.1, 0.15) is 5.56 Å². The smallest absolute Gasteiger partial charge is 0.123 e. The molecule has 14 heavy (non-hydrogen) atoms. The van der Waals surface area contributed by atoms with Gasteiger partial charge in [0, 0.05) is 11.5 Å². The molecule has 78 valence electrons. The van der Waals surface area contributed by atoms with E-state index in [1.165, 1.54) is 23.9 Å². The third-order valence-electron chi connectivity index (χ3n) is 1.70. The summed E-state index contributed by atoms with van der Waals surface area (Å²) in [6, 6.07) is 6.26. The summed E-state index contributed by atoms with van der Waals surface area (Å²) >= 11 is 1.51. The average Bonchev–Trinajstić information content (AvgIpc) is 2.21. The van der Waals surface area contributed by atoms with Crippen LogP contribution in [0.25, 0.3) is 0 Å². The van der Waals surface area contributed by atoms with Crippen molar-refractivity contribution in [3.05, 3.63) is 35.6 Å². The quantitative estimate of drug-likeness (QED) is 0.782. The number of halogens is 1. The van der Waals surface area contributed by atoms with Crippen molar-refractivity contribution in [3.8, 4) is 0 Å². The van der Waals surface area contributed by atoms with Gasteiger partial charge in [-0.05, 0) is 17.7 Å². The lowest BCUT2D eigenvalue weighted by molar-refractivity contribution is 0.113. The highest BCUT2D eigenvalue weighted by molar-refractivity contribution is 7.98. The molecule has 0 saturated carbocycles. The van der Waals surface area contributed by atoms with E-state index in [4.69, 9.17) is 10.2 Å². The molecule has 0 fully saturated rings. The maximum absolute atomic E-state index is 12.5. The number of hydrogen-bond acceptors (Lipinski definition) is 3. The van der Waals surface area contributed by atoms with Crippen molar-refractivity contribution in [2.75, 3.05) is 12.4 Å². The van der Waals surface area contributed by atoms with E-state index < -0.39 is 6.10 Å². The Morgan fingerprint density at radius 3 is 2.50 bits per heavy atom. The molecule has 0 aromatic heterocycles. The molecular formula is C10H13FO2S. The molecule has 0 unspecified atom stereocenters. The topological polar surface area (TPSA) is 40.5 Å². The van der Waals surface area contributed by atoms with E-state index in [0.29, 0.717) is 5.75 Å². The van der Waals surface area contributed by atoms with Gasteiger partial charge in [-0.25, -0.2) is 4.39 Å². The molecule has 2 N–H and O–H groups in total. The fourth-order valence-electron chi connectivity index (χ4n) is 0.946. The van der Waals surface area contributed by atoms with Gasteiger partial charge in [0.1, 0.15) is 5.82 Å². The van der Waals surface area contributed by atoms with Crippen LogP contribution >= 0.6 is 11.8 Å². The molecule has 0 aliphatic heterocycles. The molecule has 1 atom stereocenters. The second kappa shape index (κ2) is 6.01. The molecule has 0 aliphatic carbocycles. The van der Waals surface area contributed by atoms with Crippen molar-refractivity contribution in [2.24, 2.45) is 0 Å². The fraction of sp³-hybridized carbons (Fsp3) is 0.400. The summed E-state index contributed by atoms with van der Waals surface area (Å²) < 4.78 is 12.5. The Hall–Kier alpha value is -0.580. The lowest BCUT2D eigenvalue weighted by atomic mass is 10.2. The van der Waals surface area contributed by atoms with Crippen LogP contribution in [-0.4, -0.2) is 28.7 Å². The van der Waals surface area contributed by atoms with E-state index in [1.807, 2.05) is 0 Å². The lowest BCUT2D eigenvalue weighted by Crippen LogP contribution is -2.14. The van der Waals surface area contributed by atoms with Gasteiger partial charge in [-0.15, -0.1) is 0 Å². The Labute approximate surface area is 86.8 Å². The van der Waals surface area contributed by atoms with Crippen LogP contribution < -0.4 is 0 Å². The Morgan fingerprint density at radius 2 is 1.93 bits per heavy atom. The fourth-order valence-corrected chi connectivity index (χ4v) is 1.87. The maximum Gasteiger partial charge on any atom is 0.123 e. The molecule has 4 heteroatoms. The number of thioether (sulfide) groups is 1. The lowest BCUT2D eigenvalue weighted by Gasteiger charge is -2.06. The zero-order valence-electron chi connectivity index (χ0n) is 7.69. The number of rotatable bonds is 5. The predicted octanol–water partition coefficient (Wildman–Crippen LogP) is 1.41. The summed E-state index contributed by atoms with van der Waals surface area (Å²) in [4.78, 5) is 0. The first kappa shape index (κ1) is 11.5. The first-order valence-corrected chi connectivity index (χ1v) is 5.49. The first-order chi connectivity index (χ1) is 6.72. The van der Waals surface area contributed by atoms with Crippen molar-refractivity contribution in [1.82, 2.24) is 0 Å². The minimum absolute atomic E-state index is 0.212. The van der Waals surface area contributed by atoms with Gasteiger partial charge in [-0.1, -0.05) is 12.1 Å². The van der Waals surface area contributed by atoms with E-state index >= 15 is 0 Å². The molecule has 1 rings (SSSR count). The molecule has 2 nitrogen and oxygen atoms in total. The van der Waals surface area contributed by atoms with Crippen LogP contribution in [-0.2, 0) is 5.75 Å². The van der Waals surface area contributed by atoms with Crippen molar-refractivity contribution in [2.45, 2.75) is 11.9 Å². The highest BCUT2D eigenvalue weighted by Gasteiger charge is 2.01. The zero-order chi connectivity index (χ0) is 10.4. The van der Waals surface area contributed by atoms with Crippen LogP contribution in [0.2, 0.25) is 0 Å². The molecular weight excluding hydrogens is 203 g/mol. The molecule has 0 radical (unpaired) electrons. The summed E-state index contributed by atoms with van der Waals surface area (Å²) in [6.45, 7) is -0.212. The Bertz CT molecular complexity index is 263. The van der Waals surface area contributed by atoms with E-state index in [0.717, 1.165) is 11.3 Å². The summed E-state index contributed by atoms with van der Waals surface area (Å²) in [5.41, 5.74) is 1.02. The molecule has 0 heterocycles. The summed E-state index contributed by atoms with van der Waals surface area (Å²) in [6.07, 6.45) is -0.666. The van der Waals surface area contributed by atoms with Crippen molar-refractivity contribution < 1.29 is 14.6 Å². The number of aliphatic hydroxyl groups is 2. The molecule has 0 spiro atoms. The number of hydrogen-bond donors (Lipinski definition) is 2.